The van der Waals surface area contributed by atoms with Crippen molar-refractivity contribution in [1.82, 2.24) is 0 Å². The fourth-order valence-corrected chi connectivity index (χ4v) is 1.53. The van der Waals surface area contributed by atoms with Crippen LogP contribution in [0.25, 0.3) is 0 Å². The minimum absolute atomic E-state index is 0.0296. The van der Waals surface area contributed by atoms with E-state index in [1.54, 1.807) is 41.5 Å². The summed E-state index contributed by atoms with van der Waals surface area (Å²) in [7, 11) is 0. The highest BCUT2D eigenvalue weighted by molar-refractivity contribution is 5.84. The van der Waals surface area contributed by atoms with Gasteiger partial charge in [-0.05, 0) is 53.7 Å². The predicted molar refractivity (Wildman–Crippen MR) is 85.6 cm³/mol. The average molecular weight is 338 g/mol. The lowest BCUT2D eigenvalue weighted by Crippen LogP contribution is -2.27. The maximum Gasteiger partial charge on any atom is 0.514 e. The molecule has 0 aliphatic rings. The first kappa shape index (κ1) is 19.5. The van der Waals surface area contributed by atoms with Crippen LogP contribution in [0.2, 0.25) is 0 Å². The Labute approximate surface area is 140 Å². The van der Waals surface area contributed by atoms with E-state index in [4.69, 9.17) is 18.9 Å². The van der Waals surface area contributed by atoms with E-state index >= 15 is 0 Å². The summed E-state index contributed by atoms with van der Waals surface area (Å²) in [5.74, 6) is -0.340. The van der Waals surface area contributed by atoms with Crippen molar-refractivity contribution in [3.05, 3.63) is 23.8 Å². The van der Waals surface area contributed by atoms with Crippen LogP contribution in [0.15, 0.2) is 18.2 Å². The molecule has 0 atom stereocenters. The highest BCUT2D eigenvalue weighted by atomic mass is 16.8. The van der Waals surface area contributed by atoms with Gasteiger partial charge >= 0.3 is 12.3 Å². The van der Waals surface area contributed by atoms with Gasteiger partial charge in [-0.25, -0.2) is 9.59 Å². The number of aldehydes is 1. The minimum Gasteiger partial charge on any atom is -0.428 e. The smallest absolute Gasteiger partial charge is 0.428 e. The molecule has 0 N–H and O–H groups in total. The van der Waals surface area contributed by atoms with Gasteiger partial charge in [-0.2, -0.15) is 0 Å². The third kappa shape index (κ3) is 6.68. The molecular formula is C17H22O7. The number of para-hydroxylation sites is 1. The van der Waals surface area contributed by atoms with Crippen LogP contribution < -0.4 is 9.47 Å². The van der Waals surface area contributed by atoms with Gasteiger partial charge in [0.1, 0.15) is 11.2 Å². The summed E-state index contributed by atoms with van der Waals surface area (Å²) in [5, 5.41) is 0. The zero-order valence-electron chi connectivity index (χ0n) is 14.7. The largest absolute Gasteiger partial charge is 0.514 e. The molecule has 0 heterocycles. The first-order valence-corrected chi connectivity index (χ1v) is 7.31. The molecule has 1 aromatic rings. The molecule has 0 spiro atoms. The lowest BCUT2D eigenvalue weighted by molar-refractivity contribution is 0.0136. The van der Waals surface area contributed by atoms with E-state index in [9.17, 15) is 14.4 Å². The molecule has 0 bridgehead atoms. The standard InChI is InChI=1S/C17H22O7/c1-16(2,3)23-14(19)21-12-9-7-8-11(10-18)13(12)22-15(20)24-17(4,5)6/h7-10H,1-6H3. The van der Waals surface area contributed by atoms with Crippen molar-refractivity contribution in [2.45, 2.75) is 52.7 Å². The van der Waals surface area contributed by atoms with E-state index in [-0.39, 0.29) is 17.1 Å². The number of ether oxygens (including phenoxy) is 4. The van der Waals surface area contributed by atoms with Crippen molar-refractivity contribution < 1.29 is 33.3 Å². The fraction of sp³-hybridized carbons (Fsp3) is 0.471. The van der Waals surface area contributed by atoms with Crippen LogP contribution in [0.1, 0.15) is 51.9 Å². The van der Waals surface area contributed by atoms with E-state index in [0.29, 0.717) is 6.29 Å². The van der Waals surface area contributed by atoms with Crippen LogP contribution in [0, 0.1) is 0 Å². The summed E-state index contributed by atoms with van der Waals surface area (Å²) in [6, 6.07) is 4.26. The Morgan fingerprint density at radius 2 is 1.38 bits per heavy atom. The summed E-state index contributed by atoms with van der Waals surface area (Å²) in [5.41, 5.74) is -1.51. The van der Waals surface area contributed by atoms with Crippen molar-refractivity contribution in [2.24, 2.45) is 0 Å². The van der Waals surface area contributed by atoms with E-state index in [0.717, 1.165) is 0 Å². The van der Waals surface area contributed by atoms with Crippen molar-refractivity contribution in [2.75, 3.05) is 0 Å². The fourth-order valence-electron chi connectivity index (χ4n) is 1.53. The Bertz CT molecular complexity index is 621. The molecule has 0 fully saturated rings. The molecule has 132 valence electrons. The summed E-state index contributed by atoms with van der Waals surface area (Å²) in [6.45, 7) is 10.0. The van der Waals surface area contributed by atoms with Crippen LogP contribution in [0.4, 0.5) is 9.59 Å². The van der Waals surface area contributed by atoms with E-state index in [2.05, 4.69) is 0 Å². The van der Waals surface area contributed by atoms with Crippen molar-refractivity contribution in [1.29, 1.82) is 0 Å². The first-order chi connectivity index (χ1) is 10.9. The number of carbonyl (C=O) groups excluding carboxylic acids is 3. The molecule has 24 heavy (non-hydrogen) atoms. The predicted octanol–water partition coefficient (Wildman–Crippen LogP) is 4.13. The van der Waals surface area contributed by atoms with E-state index in [1.165, 1.54) is 18.2 Å². The van der Waals surface area contributed by atoms with Gasteiger partial charge in [0.2, 0.25) is 0 Å². The molecule has 1 rings (SSSR count). The lowest BCUT2D eigenvalue weighted by atomic mass is 10.2. The molecule has 0 amide bonds. The number of rotatable bonds is 3. The average Bonchev–Trinajstić information content (AvgIpc) is 2.36. The summed E-state index contributed by atoms with van der Waals surface area (Å²) in [6.07, 6.45) is -1.54. The lowest BCUT2D eigenvalue weighted by Gasteiger charge is -2.21. The van der Waals surface area contributed by atoms with Gasteiger partial charge in [-0.15, -0.1) is 0 Å². The maximum atomic E-state index is 11.8. The quantitative estimate of drug-likeness (QED) is 0.465. The zero-order valence-corrected chi connectivity index (χ0v) is 14.7. The highest BCUT2D eigenvalue weighted by Gasteiger charge is 2.24. The summed E-state index contributed by atoms with van der Waals surface area (Å²) >= 11 is 0. The Kier molecular flexibility index (Phi) is 5.95. The molecule has 0 aliphatic heterocycles. The third-order valence-electron chi connectivity index (χ3n) is 2.29. The van der Waals surface area contributed by atoms with Crippen molar-refractivity contribution in [3.63, 3.8) is 0 Å². The van der Waals surface area contributed by atoms with Crippen LogP contribution in [-0.4, -0.2) is 29.8 Å². The molecule has 0 saturated heterocycles. The molecule has 0 unspecified atom stereocenters. The first-order valence-electron chi connectivity index (χ1n) is 7.31. The highest BCUT2D eigenvalue weighted by Crippen LogP contribution is 2.32. The Balaban J connectivity index is 3.03. The minimum atomic E-state index is -1.02. The summed E-state index contributed by atoms with van der Waals surface area (Å²) < 4.78 is 20.2. The second-order valence-corrected chi connectivity index (χ2v) is 6.93. The second-order valence-electron chi connectivity index (χ2n) is 6.93. The molecule has 0 radical (unpaired) electrons. The maximum absolute atomic E-state index is 11.8. The van der Waals surface area contributed by atoms with Crippen molar-refractivity contribution >= 4 is 18.6 Å². The van der Waals surface area contributed by atoms with Gasteiger partial charge in [0, 0.05) is 0 Å². The van der Waals surface area contributed by atoms with Crippen LogP contribution >= 0.6 is 0 Å². The van der Waals surface area contributed by atoms with Gasteiger partial charge in [-0.1, -0.05) is 6.07 Å². The Morgan fingerprint density at radius 3 is 1.83 bits per heavy atom. The van der Waals surface area contributed by atoms with Crippen LogP contribution in [-0.2, 0) is 9.47 Å². The van der Waals surface area contributed by atoms with Crippen molar-refractivity contribution in [3.8, 4) is 11.5 Å². The number of carbonyl (C=O) groups is 3. The number of benzene rings is 1. The molecule has 0 saturated carbocycles. The molecule has 7 nitrogen and oxygen atoms in total. The third-order valence-corrected chi connectivity index (χ3v) is 2.29. The molecule has 0 aliphatic carbocycles. The Hall–Kier alpha value is -2.57. The topological polar surface area (TPSA) is 88.1 Å². The monoisotopic (exact) mass is 338 g/mol. The molecule has 7 heteroatoms. The zero-order chi connectivity index (χ0) is 18.5. The van der Waals surface area contributed by atoms with Gasteiger partial charge in [0.05, 0.1) is 5.56 Å². The SMILES string of the molecule is CC(C)(C)OC(=O)Oc1cccc(C=O)c1OC(=O)OC(C)(C)C. The number of hydrogen-bond donors (Lipinski definition) is 0. The molecule has 0 aromatic heterocycles. The normalized spacial score (nSPS) is 11.4. The van der Waals surface area contributed by atoms with Gasteiger partial charge in [0.25, 0.3) is 0 Å². The van der Waals surface area contributed by atoms with Crippen LogP contribution in [0.3, 0.4) is 0 Å². The van der Waals surface area contributed by atoms with E-state index < -0.39 is 23.5 Å². The Morgan fingerprint density at radius 1 is 0.875 bits per heavy atom. The molecule has 1 aromatic carbocycles. The van der Waals surface area contributed by atoms with Gasteiger partial charge < -0.3 is 18.9 Å². The number of hydrogen-bond acceptors (Lipinski definition) is 7. The molecular weight excluding hydrogens is 316 g/mol. The second kappa shape index (κ2) is 7.33. The van der Waals surface area contributed by atoms with Crippen LogP contribution in [0.5, 0.6) is 11.5 Å². The van der Waals surface area contributed by atoms with Gasteiger partial charge in [0.15, 0.2) is 17.8 Å². The summed E-state index contributed by atoms with van der Waals surface area (Å²) in [4.78, 5) is 34.8. The van der Waals surface area contributed by atoms with Gasteiger partial charge in [-0.3, -0.25) is 4.79 Å². The van der Waals surface area contributed by atoms with E-state index in [1.807, 2.05) is 0 Å².